The number of pyridine rings is 2. The maximum Gasteiger partial charge on any atom is 0.417 e. The molecule has 1 aliphatic rings. The van der Waals surface area contributed by atoms with Crippen LogP contribution in [-0.4, -0.2) is 47.1 Å². The highest BCUT2D eigenvalue weighted by Gasteiger charge is 2.31. The Labute approximate surface area is 189 Å². The summed E-state index contributed by atoms with van der Waals surface area (Å²) in [6.45, 7) is 3.68. The fourth-order valence-corrected chi connectivity index (χ4v) is 3.51. The predicted molar refractivity (Wildman–Crippen MR) is 117 cm³/mol. The summed E-state index contributed by atoms with van der Waals surface area (Å²) in [5.41, 5.74) is 2.35. The average molecular weight is 456 g/mol. The molecule has 1 amide bonds. The highest BCUT2D eigenvalue weighted by molar-refractivity contribution is 5.71. The lowest BCUT2D eigenvalue weighted by Gasteiger charge is -2.34. The van der Waals surface area contributed by atoms with Gasteiger partial charge in [-0.2, -0.15) is 13.2 Å². The van der Waals surface area contributed by atoms with E-state index in [2.05, 4.69) is 9.97 Å². The summed E-state index contributed by atoms with van der Waals surface area (Å²) in [6, 6.07) is 13.7. The van der Waals surface area contributed by atoms with Crippen molar-refractivity contribution in [1.29, 1.82) is 0 Å². The number of halogens is 3. The fraction of sp³-hybridized carbons (Fsp3) is 0.292. The zero-order chi connectivity index (χ0) is 23.4. The average Bonchev–Trinajstić information content (AvgIpc) is 2.81. The molecule has 0 N–H and O–H groups in total. The van der Waals surface area contributed by atoms with E-state index in [-0.39, 0.29) is 0 Å². The number of carbonyl (C=O) groups is 1. The van der Waals surface area contributed by atoms with E-state index in [1.807, 2.05) is 42.3 Å². The van der Waals surface area contributed by atoms with Crippen molar-refractivity contribution in [2.75, 3.05) is 31.1 Å². The molecule has 0 bridgehead atoms. The second kappa shape index (κ2) is 9.48. The number of hydrogen-bond acceptors (Lipinski definition) is 5. The van der Waals surface area contributed by atoms with Crippen molar-refractivity contribution in [1.82, 2.24) is 14.9 Å². The van der Waals surface area contributed by atoms with Crippen LogP contribution < -0.4 is 9.64 Å². The molecule has 0 radical (unpaired) electrons. The number of hydrogen-bond donors (Lipinski definition) is 0. The van der Waals surface area contributed by atoms with Crippen molar-refractivity contribution in [3.05, 3.63) is 83.3 Å². The minimum absolute atomic E-state index is 0.388. The van der Waals surface area contributed by atoms with E-state index in [1.54, 1.807) is 17.0 Å². The van der Waals surface area contributed by atoms with Crippen molar-refractivity contribution < 1.29 is 22.7 Å². The molecular formula is C24H23F3N4O2. The van der Waals surface area contributed by atoms with Gasteiger partial charge >= 0.3 is 12.3 Å². The Hall–Kier alpha value is -3.62. The molecule has 2 aromatic heterocycles. The Bertz CT molecular complexity index is 1080. The van der Waals surface area contributed by atoms with Crippen LogP contribution in [0.4, 0.5) is 23.8 Å². The number of rotatable bonds is 4. The van der Waals surface area contributed by atoms with E-state index in [4.69, 9.17) is 4.74 Å². The largest absolute Gasteiger partial charge is 0.417 e. The van der Waals surface area contributed by atoms with Crippen molar-refractivity contribution in [2.24, 2.45) is 0 Å². The minimum atomic E-state index is -4.41. The van der Waals surface area contributed by atoms with E-state index in [0.717, 1.165) is 29.1 Å². The number of carbonyl (C=O) groups excluding carboxylic acids is 1. The van der Waals surface area contributed by atoms with Gasteiger partial charge in [-0.1, -0.05) is 18.2 Å². The first-order valence-electron chi connectivity index (χ1n) is 10.5. The second-order valence-electron chi connectivity index (χ2n) is 7.89. The smallest absolute Gasteiger partial charge is 0.410 e. The molecule has 33 heavy (non-hydrogen) atoms. The third kappa shape index (κ3) is 5.79. The number of anilines is 1. The van der Waals surface area contributed by atoms with Gasteiger partial charge in [0.2, 0.25) is 0 Å². The number of benzene rings is 1. The number of piperazine rings is 1. The lowest BCUT2D eigenvalue weighted by molar-refractivity contribution is -0.137. The van der Waals surface area contributed by atoms with Crippen molar-refractivity contribution >= 4 is 11.9 Å². The monoisotopic (exact) mass is 456 g/mol. The van der Waals surface area contributed by atoms with Gasteiger partial charge in [-0.25, -0.2) is 9.78 Å². The van der Waals surface area contributed by atoms with Crippen LogP contribution in [-0.2, 0) is 12.6 Å². The zero-order valence-electron chi connectivity index (χ0n) is 18.0. The molecule has 172 valence electrons. The lowest BCUT2D eigenvalue weighted by Crippen LogP contribution is -2.49. The first kappa shape index (κ1) is 22.6. The molecule has 0 aliphatic carbocycles. The van der Waals surface area contributed by atoms with Crippen LogP contribution in [0.2, 0.25) is 0 Å². The molecule has 3 aromatic rings. The van der Waals surface area contributed by atoms with E-state index >= 15 is 0 Å². The van der Waals surface area contributed by atoms with Gasteiger partial charge in [0.15, 0.2) is 0 Å². The first-order chi connectivity index (χ1) is 15.8. The van der Waals surface area contributed by atoms with Crippen LogP contribution in [0.1, 0.15) is 22.4 Å². The third-order valence-corrected chi connectivity index (χ3v) is 5.42. The Balaban J connectivity index is 1.28. The summed E-state index contributed by atoms with van der Waals surface area (Å²) in [6.07, 6.45) is -1.52. The van der Waals surface area contributed by atoms with E-state index in [9.17, 15) is 18.0 Å². The minimum Gasteiger partial charge on any atom is -0.410 e. The van der Waals surface area contributed by atoms with Crippen LogP contribution >= 0.6 is 0 Å². The maximum absolute atomic E-state index is 12.7. The van der Waals surface area contributed by atoms with E-state index in [0.29, 0.717) is 44.2 Å². The summed E-state index contributed by atoms with van der Waals surface area (Å²) in [5, 5.41) is 0. The molecule has 1 aromatic carbocycles. The lowest BCUT2D eigenvalue weighted by atomic mass is 10.1. The molecule has 4 rings (SSSR count). The van der Waals surface area contributed by atoms with Gasteiger partial charge in [0.25, 0.3) is 0 Å². The van der Waals surface area contributed by atoms with Crippen LogP contribution in [0.5, 0.6) is 5.75 Å². The van der Waals surface area contributed by atoms with E-state index in [1.165, 1.54) is 6.07 Å². The Kier molecular flexibility index (Phi) is 6.48. The Morgan fingerprint density at radius 2 is 1.67 bits per heavy atom. The van der Waals surface area contributed by atoms with Gasteiger partial charge in [-0.3, -0.25) is 4.98 Å². The van der Waals surface area contributed by atoms with Crippen LogP contribution in [0.15, 0.2) is 60.9 Å². The molecule has 1 fully saturated rings. The van der Waals surface area contributed by atoms with Gasteiger partial charge in [0, 0.05) is 50.7 Å². The van der Waals surface area contributed by atoms with Gasteiger partial charge in [-0.15, -0.1) is 0 Å². The summed E-state index contributed by atoms with van der Waals surface area (Å²) < 4.78 is 43.6. The van der Waals surface area contributed by atoms with Crippen molar-refractivity contribution in [3.8, 4) is 5.75 Å². The molecule has 0 spiro atoms. The van der Waals surface area contributed by atoms with Crippen LogP contribution in [0, 0.1) is 6.92 Å². The molecule has 1 saturated heterocycles. The molecule has 6 nitrogen and oxygen atoms in total. The first-order valence-corrected chi connectivity index (χ1v) is 10.5. The standard InChI is InChI=1S/C24H23F3N4O2/c1-17-2-6-20(28-15-17)14-18-3-7-21(8-4-18)33-23(32)31-12-10-30(11-13-31)22-9-5-19(16-29-22)24(25,26)27/h2-9,15-16H,10-14H2,1H3. The predicted octanol–water partition coefficient (Wildman–Crippen LogP) is 4.72. The molecule has 9 heteroatoms. The number of aryl methyl sites for hydroxylation is 1. The normalized spacial score (nSPS) is 14.3. The summed E-state index contributed by atoms with van der Waals surface area (Å²) in [5.74, 6) is 0.905. The van der Waals surface area contributed by atoms with E-state index < -0.39 is 17.8 Å². The fourth-order valence-electron chi connectivity index (χ4n) is 3.51. The molecule has 0 saturated carbocycles. The van der Waals surface area contributed by atoms with Gasteiger partial charge in [0.05, 0.1) is 5.56 Å². The Morgan fingerprint density at radius 3 is 2.24 bits per heavy atom. The molecule has 0 unspecified atom stereocenters. The number of amides is 1. The molecular weight excluding hydrogens is 433 g/mol. The van der Waals surface area contributed by atoms with Crippen molar-refractivity contribution in [3.63, 3.8) is 0 Å². The second-order valence-corrected chi connectivity index (χ2v) is 7.89. The highest BCUT2D eigenvalue weighted by Crippen LogP contribution is 2.29. The molecule has 3 heterocycles. The van der Waals surface area contributed by atoms with Crippen LogP contribution in [0.25, 0.3) is 0 Å². The summed E-state index contributed by atoms with van der Waals surface area (Å²) in [4.78, 5) is 24.2. The summed E-state index contributed by atoms with van der Waals surface area (Å²) >= 11 is 0. The molecule has 1 aliphatic heterocycles. The van der Waals surface area contributed by atoms with Crippen LogP contribution in [0.3, 0.4) is 0 Å². The maximum atomic E-state index is 12.7. The number of aromatic nitrogens is 2. The topological polar surface area (TPSA) is 58.6 Å². The third-order valence-electron chi connectivity index (χ3n) is 5.42. The summed E-state index contributed by atoms with van der Waals surface area (Å²) in [7, 11) is 0. The Morgan fingerprint density at radius 1 is 0.939 bits per heavy atom. The SMILES string of the molecule is Cc1ccc(Cc2ccc(OC(=O)N3CCN(c4ccc(C(F)(F)F)cn4)CC3)cc2)nc1. The highest BCUT2D eigenvalue weighted by atomic mass is 19.4. The number of alkyl halides is 3. The van der Waals surface area contributed by atoms with Gasteiger partial charge < -0.3 is 14.5 Å². The van der Waals surface area contributed by atoms with Crippen molar-refractivity contribution in [2.45, 2.75) is 19.5 Å². The van der Waals surface area contributed by atoms with Gasteiger partial charge in [0.1, 0.15) is 11.6 Å². The number of ether oxygens (including phenoxy) is 1. The molecule has 0 atom stereocenters. The quantitative estimate of drug-likeness (QED) is 0.569. The van der Waals surface area contributed by atoms with Gasteiger partial charge in [-0.05, 0) is 48.4 Å². The zero-order valence-corrected chi connectivity index (χ0v) is 18.0. The number of nitrogens with zero attached hydrogens (tertiary/aromatic N) is 4.